The topological polar surface area (TPSA) is 48.7 Å². The third kappa shape index (κ3) is 8.69. The fraction of sp³-hybridized carbons (Fsp3) is 0.581. The number of ether oxygens (including phenoxy) is 2. The summed E-state index contributed by atoms with van der Waals surface area (Å²) in [5.74, 6) is 1.49. The van der Waals surface area contributed by atoms with E-state index in [2.05, 4.69) is 45.9 Å². The molecule has 0 aliphatic heterocycles. The molecule has 0 atom stereocenters. The van der Waals surface area contributed by atoms with Crippen molar-refractivity contribution in [2.45, 2.75) is 112 Å². The lowest BCUT2D eigenvalue weighted by molar-refractivity contribution is -0.160. The van der Waals surface area contributed by atoms with Gasteiger partial charge in [-0.25, -0.2) is 0 Å². The molecule has 4 nitrogen and oxygen atoms in total. The Morgan fingerprint density at radius 1 is 0.944 bits per heavy atom. The lowest BCUT2D eigenvalue weighted by Gasteiger charge is -2.35. The monoisotopic (exact) mass is 512 g/mol. The summed E-state index contributed by atoms with van der Waals surface area (Å²) in [7, 11) is 0. The summed E-state index contributed by atoms with van der Waals surface area (Å²) in [4.78, 5) is 15.0. The van der Waals surface area contributed by atoms with Gasteiger partial charge in [0.15, 0.2) is 0 Å². The number of rotatable bonds is 12. The first kappa shape index (κ1) is 28.3. The summed E-state index contributed by atoms with van der Waals surface area (Å²) in [5.41, 5.74) is -0.241. The van der Waals surface area contributed by atoms with E-state index in [-0.39, 0.29) is 11.4 Å². The molecular weight excluding hydrogens is 468 g/mol. The fourth-order valence-corrected chi connectivity index (χ4v) is 5.65. The summed E-state index contributed by atoms with van der Waals surface area (Å²) in [6.07, 6.45) is 6.68. The second-order valence-corrected chi connectivity index (χ2v) is 13.5. The zero-order valence-electron chi connectivity index (χ0n) is 23.5. The van der Waals surface area contributed by atoms with Gasteiger partial charge in [-0.3, -0.25) is 4.79 Å². The summed E-state index contributed by atoms with van der Waals surface area (Å²) in [5, 5.41) is 1.06. The van der Waals surface area contributed by atoms with E-state index in [4.69, 9.17) is 13.9 Å². The van der Waals surface area contributed by atoms with E-state index in [0.717, 1.165) is 40.2 Å². The molecule has 1 aromatic carbocycles. The minimum absolute atomic E-state index is 0.107. The second kappa shape index (κ2) is 11.4. The number of hydrogen-bond acceptors (Lipinski definition) is 5. The molecule has 2 heterocycles. The van der Waals surface area contributed by atoms with Gasteiger partial charge in [-0.15, -0.1) is 11.3 Å². The van der Waals surface area contributed by atoms with Crippen LogP contribution >= 0.6 is 11.3 Å². The van der Waals surface area contributed by atoms with Gasteiger partial charge in [-0.1, -0.05) is 40.5 Å². The standard InChI is InChI=1S/C31H44O4S/c1-9-10-11-12-24-15-16-27(36-24)26-19-22-13-14-23(20-25(22)33-26)34-30(5,6)21-31(7,8)35-28(32)17-18-29(2,3)4/h13-16,19-20H,9-12,17-18,21H2,1-8H3. The average Bonchev–Trinajstić information content (AvgIpc) is 3.37. The van der Waals surface area contributed by atoms with Crippen molar-refractivity contribution in [2.75, 3.05) is 0 Å². The predicted molar refractivity (Wildman–Crippen MR) is 151 cm³/mol. The number of unbranched alkanes of at least 4 members (excludes halogenated alkanes) is 2. The van der Waals surface area contributed by atoms with Crippen molar-refractivity contribution < 1.29 is 18.7 Å². The van der Waals surface area contributed by atoms with Gasteiger partial charge in [0.05, 0.1) is 4.88 Å². The van der Waals surface area contributed by atoms with Crippen molar-refractivity contribution in [3.05, 3.63) is 41.3 Å². The fourth-order valence-electron chi connectivity index (χ4n) is 4.64. The Labute approximate surface area is 221 Å². The highest BCUT2D eigenvalue weighted by Gasteiger charge is 2.34. The SMILES string of the molecule is CCCCCc1ccc(-c2cc3ccc(OC(C)(C)CC(C)(C)OC(=O)CCC(C)(C)C)cc3o2)s1. The minimum atomic E-state index is -0.631. The van der Waals surface area contributed by atoms with Gasteiger partial charge < -0.3 is 13.9 Å². The molecule has 198 valence electrons. The van der Waals surface area contributed by atoms with E-state index >= 15 is 0 Å². The molecule has 0 bridgehead atoms. The molecular formula is C31H44O4S. The van der Waals surface area contributed by atoms with E-state index in [1.807, 2.05) is 57.2 Å². The number of fused-ring (bicyclic) bond motifs is 1. The number of thiophene rings is 1. The van der Waals surface area contributed by atoms with Crippen LogP contribution in [0.15, 0.2) is 40.8 Å². The minimum Gasteiger partial charge on any atom is -0.488 e. The molecule has 2 aromatic heterocycles. The molecule has 36 heavy (non-hydrogen) atoms. The first-order valence-electron chi connectivity index (χ1n) is 13.3. The third-order valence-electron chi connectivity index (χ3n) is 6.14. The van der Waals surface area contributed by atoms with Gasteiger partial charge in [0.25, 0.3) is 0 Å². The van der Waals surface area contributed by atoms with Crippen LogP contribution in [0.3, 0.4) is 0 Å². The molecule has 0 amide bonds. The van der Waals surface area contributed by atoms with Crippen LogP contribution in [-0.4, -0.2) is 17.2 Å². The Kier molecular flexibility index (Phi) is 8.97. The number of aryl methyl sites for hydroxylation is 1. The summed E-state index contributed by atoms with van der Waals surface area (Å²) in [6, 6.07) is 12.5. The maximum absolute atomic E-state index is 12.4. The highest BCUT2D eigenvalue weighted by atomic mass is 32.1. The van der Waals surface area contributed by atoms with Crippen LogP contribution in [0.2, 0.25) is 0 Å². The smallest absolute Gasteiger partial charge is 0.306 e. The van der Waals surface area contributed by atoms with Crippen LogP contribution in [0, 0.1) is 5.41 Å². The highest BCUT2D eigenvalue weighted by Crippen LogP contribution is 2.36. The van der Waals surface area contributed by atoms with Crippen molar-refractivity contribution in [3.63, 3.8) is 0 Å². The Balaban J connectivity index is 1.64. The Hall–Kier alpha value is -2.27. The predicted octanol–water partition coefficient (Wildman–Crippen LogP) is 9.59. The largest absolute Gasteiger partial charge is 0.488 e. The van der Waals surface area contributed by atoms with Gasteiger partial charge in [-0.05, 0) is 82.7 Å². The molecule has 0 aliphatic carbocycles. The number of esters is 1. The summed E-state index contributed by atoms with van der Waals surface area (Å²) in [6.45, 7) is 16.6. The van der Waals surface area contributed by atoms with Crippen molar-refractivity contribution in [2.24, 2.45) is 5.41 Å². The summed E-state index contributed by atoms with van der Waals surface area (Å²) < 4.78 is 18.4. The van der Waals surface area contributed by atoms with Crippen molar-refractivity contribution in [1.29, 1.82) is 0 Å². The third-order valence-corrected chi connectivity index (χ3v) is 7.30. The molecule has 0 radical (unpaired) electrons. The van der Waals surface area contributed by atoms with Crippen LogP contribution in [0.5, 0.6) is 5.75 Å². The Morgan fingerprint density at radius 2 is 1.69 bits per heavy atom. The lowest BCUT2D eigenvalue weighted by Crippen LogP contribution is -2.40. The Bertz CT molecular complexity index is 1140. The van der Waals surface area contributed by atoms with Gasteiger partial charge >= 0.3 is 5.97 Å². The first-order chi connectivity index (χ1) is 16.8. The van der Waals surface area contributed by atoms with E-state index in [1.165, 1.54) is 24.1 Å². The Morgan fingerprint density at radius 3 is 2.39 bits per heavy atom. The van der Waals surface area contributed by atoms with Crippen LogP contribution in [0.1, 0.15) is 98.8 Å². The number of furan rings is 1. The molecule has 0 N–H and O–H groups in total. The van der Waals surface area contributed by atoms with Crippen molar-refractivity contribution in [1.82, 2.24) is 0 Å². The zero-order chi connectivity index (χ0) is 26.6. The molecule has 0 aliphatic rings. The number of benzene rings is 1. The number of carbonyl (C=O) groups excluding carboxylic acids is 1. The van der Waals surface area contributed by atoms with Crippen LogP contribution in [0.4, 0.5) is 0 Å². The first-order valence-corrected chi connectivity index (χ1v) is 14.1. The normalized spacial score (nSPS) is 12.8. The molecule has 0 saturated carbocycles. The van der Waals surface area contributed by atoms with E-state index in [9.17, 15) is 4.79 Å². The molecule has 3 aromatic rings. The summed E-state index contributed by atoms with van der Waals surface area (Å²) >= 11 is 1.82. The second-order valence-electron chi connectivity index (χ2n) is 12.4. The zero-order valence-corrected chi connectivity index (χ0v) is 24.3. The van der Waals surface area contributed by atoms with Crippen LogP contribution < -0.4 is 4.74 Å². The van der Waals surface area contributed by atoms with E-state index in [1.54, 1.807) is 0 Å². The lowest BCUT2D eigenvalue weighted by atomic mass is 9.90. The molecule has 0 saturated heterocycles. The van der Waals surface area contributed by atoms with E-state index in [0.29, 0.717) is 12.8 Å². The van der Waals surface area contributed by atoms with Gasteiger partial charge in [0.2, 0.25) is 0 Å². The van der Waals surface area contributed by atoms with E-state index < -0.39 is 11.2 Å². The van der Waals surface area contributed by atoms with Gasteiger partial charge in [0.1, 0.15) is 28.3 Å². The molecule has 0 spiro atoms. The molecule has 0 unspecified atom stereocenters. The average molecular weight is 513 g/mol. The van der Waals surface area contributed by atoms with Crippen LogP contribution in [-0.2, 0) is 16.0 Å². The molecule has 5 heteroatoms. The molecule has 3 rings (SSSR count). The van der Waals surface area contributed by atoms with Crippen LogP contribution in [0.25, 0.3) is 21.6 Å². The molecule has 0 fully saturated rings. The maximum atomic E-state index is 12.4. The van der Waals surface area contributed by atoms with Crippen molar-refractivity contribution >= 4 is 28.3 Å². The number of carbonyl (C=O) groups is 1. The van der Waals surface area contributed by atoms with Gasteiger partial charge in [-0.2, -0.15) is 0 Å². The highest BCUT2D eigenvalue weighted by molar-refractivity contribution is 7.15. The maximum Gasteiger partial charge on any atom is 0.306 e. The van der Waals surface area contributed by atoms with Gasteiger partial charge in [0, 0.05) is 29.2 Å². The number of hydrogen-bond donors (Lipinski definition) is 0. The van der Waals surface area contributed by atoms with Crippen molar-refractivity contribution in [3.8, 4) is 16.4 Å². The quantitative estimate of drug-likeness (QED) is 0.179.